The van der Waals surface area contributed by atoms with Crippen molar-refractivity contribution in [1.29, 1.82) is 0 Å². The van der Waals surface area contributed by atoms with Gasteiger partial charge in [0.05, 0.1) is 42.7 Å². The third kappa shape index (κ3) is 11.0. The van der Waals surface area contributed by atoms with Gasteiger partial charge >= 0.3 is 0 Å². The molecule has 0 atom stereocenters. The number of benzene rings is 2. The highest BCUT2D eigenvalue weighted by atomic mass is 16.5. The Morgan fingerprint density at radius 3 is 1.06 bits per heavy atom. The fraction of sp³-hybridized carbons (Fsp3) is 0.429. The molecule has 54 heavy (non-hydrogen) atoms. The van der Waals surface area contributed by atoms with Crippen molar-refractivity contribution in [2.24, 2.45) is 0 Å². The molecule has 2 aromatic carbocycles. The van der Waals surface area contributed by atoms with E-state index in [0.29, 0.717) is 52.7 Å². The fourth-order valence-corrected chi connectivity index (χ4v) is 5.30. The smallest absolute Gasteiger partial charge is 0.228 e. The SMILES string of the molecule is COC1=C(OC)C(=O)C(CC=C(C)C)=C(C)C1=O.COc1c(O)c(C)c(CC=C(C)C)c(O)c1OC.COc1c(O)c(C)c(CC=C(C)C)c(O)c1OC. The maximum Gasteiger partial charge on any atom is 0.228 e. The number of hydrogen-bond donors (Lipinski definition) is 4. The molecule has 298 valence electrons. The number of Topliss-reactive ketones (excluding diaryl/α,β-unsaturated/α-hetero) is 2. The molecule has 0 fully saturated rings. The predicted octanol–water partition coefficient (Wildman–Crippen LogP) is 8.18. The molecular formula is C42H58O12. The molecule has 0 unspecified atom stereocenters. The first-order valence-electron chi connectivity index (χ1n) is 17.1. The van der Waals surface area contributed by atoms with Gasteiger partial charge in [-0.05, 0) is 81.6 Å². The molecule has 0 saturated heterocycles. The van der Waals surface area contributed by atoms with Crippen molar-refractivity contribution in [1.82, 2.24) is 0 Å². The second kappa shape index (κ2) is 21.2. The van der Waals surface area contributed by atoms with Gasteiger partial charge in [0.25, 0.3) is 0 Å². The number of carbonyl (C=O) groups is 2. The van der Waals surface area contributed by atoms with Crippen LogP contribution in [0.3, 0.4) is 0 Å². The zero-order chi connectivity index (χ0) is 41.6. The van der Waals surface area contributed by atoms with E-state index in [0.717, 1.165) is 16.7 Å². The molecule has 12 nitrogen and oxygen atoms in total. The summed E-state index contributed by atoms with van der Waals surface area (Å²) in [7, 11) is 8.42. The first kappa shape index (κ1) is 46.5. The average Bonchev–Trinajstić information content (AvgIpc) is 3.12. The molecule has 0 amide bonds. The number of phenolic OH excluding ortho intramolecular Hbond substituents is 4. The Kier molecular flexibility index (Phi) is 18.3. The lowest BCUT2D eigenvalue weighted by Crippen LogP contribution is -2.24. The Bertz CT molecular complexity index is 1750. The summed E-state index contributed by atoms with van der Waals surface area (Å²) < 4.78 is 30.3. The number of phenols is 4. The maximum atomic E-state index is 12.2. The van der Waals surface area contributed by atoms with E-state index in [1.807, 2.05) is 59.8 Å². The molecule has 1 aliphatic rings. The molecule has 0 bridgehead atoms. The van der Waals surface area contributed by atoms with E-state index in [9.17, 15) is 30.0 Å². The Morgan fingerprint density at radius 2 is 0.759 bits per heavy atom. The first-order chi connectivity index (χ1) is 25.3. The molecule has 0 aliphatic heterocycles. The maximum absolute atomic E-state index is 12.2. The molecular weight excluding hydrogens is 696 g/mol. The van der Waals surface area contributed by atoms with Crippen LogP contribution in [0, 0.1) is 13.8 Å². The second-order valence-electron chi connectivity index (χ2n) is 13.0. The van der Waals surface area contributed by atoms with E-state index >= 15 is 0 Å². The molecule has 3 rings (SSSR count). The number of carbonyl (C=O) groups excluding carboxylic acids is 2. The molecule has 0 aromatic heterocycles. The van der Waals surface area contributed by atoms with Crippen LogP contribution in [0.25, 0.3) is 0 Å². The zero-order valence-electron chi connectivity index (χ0n) is 34.4. The summed E-state index contributed by atoms with van der Waals surface area (Å²) >= 11 is 0. The van der Waals surface area contributed by atoms with Gasteiger partial charge in [-0.1, -0.05) is 34.9 Å². The van der Waals surface area contributed by atoms with Gasteiger partial charge in [0.15, 0.2) is 23.0 Å². The van der Waals surface area contributed by atoms with Gasteiger partial charge in [0, 0.05) is 33.4 Å². The Hall–Kier alpha value is -5.52. The number of allylic oxidation sites excluding steroid dienone is 8. The van der Waals surface area contributed by atoms with Crippen molar-refractivity contribution >= 4 is 11.6 Å². The summed E-state index contributed by atoms with van der Waals surface area (Å²) in [5, 5.41) is 40.4. The minimum atomic E-state index is -0.286. The molecule has 2 aromatic rings. The summed E-state index contributed by atoms with van der Waals surface area (Å²) in [6.45, 7) is 16.9. The molecule has 4 N–H and O–H groups in total. The lowest BCUT2D eigenvalue weighted by Gasteiger charge is -2.19. The standard InChI is InChI=1S/2C14H20O4.C14H18O4/c3*1-8(2)6-7-10-9(3)11(15)13(17-4)14(18-5)12(10)16/h2*6,15-16H,7H2,1-5H3;6H,7H2,1-5H3. The van der Waals surface area contributed by atoms with Crippen molar-refractivity contribution < 1.29 is 58.4 Å². The van der Waals surface area contributed by atoms with E-state index in [-0.39, 0.29) is 69.1 Å². The Morgan fingerprint density at radius 1 is 0.463 bits per heavy atom. The third-order valence-electron chi connectivity index (χ3n) is 8.51. The van der Waals surface area contributed by atoms with Crippen molar-refractivity contribution in [2.45, 2.75) is 81.6 Å². The van der Waals surface area contributed by atoms with Gasteiger partial charge in [-0.15, -0.1) is 0 Å². The normalized spacial score (nSPS) is 12.1. The van der Waals surface area contributed by atoms with Gasteiger partial charge < -0.3 is 48.8 Å². The van der Waals surface area contributed by atoms with E-state index < -0.39 is 0 Å². The van der Waals surface area contributed by atoms with Crippen molar-refractivity contribution in [3.63, 3.8) is 0 Å². The minimum absolute atomic E-state index is 0.00399. The Labute approximate surface area is 319 Å². The quantitative estimate of drug-likeness (QED) is 0.0932. The second-order valence-corrected chi connectivity index (χ2v) is 13.0. The average molecular weight is 755 g/mol. The summed E-state index contributed by atoms with van der Waals surface area (Å²) in [6, 6.07) is 0. The lowest BCUT2D eigenvalue weighted by molar-refractivity contribution is -0.121. The number of ether oxygens (including phenoxy) is 6. The number of rotatable bonds is 12. The third-order valence-corrected chi connectivity index (χ3v) is 8.51. The van der Waals surface area contributed by atoms with Crippen LogP contribution in [0.4, 0.5) is 0 Å². The number of ketones is 2. The van der Waals surface area contributed by atoms with Crippen LogP contribution >= 0.6 is 0 Å². The molecule has 0 saturated carbocycles. The summed E-state index contributed by atoms with van der Waals surface area (Å²) in [5.41, 5.74) is 6.76. The van der Waals surface area contributed by atoms with Crippen LogP contribution in [-0.4, -0.2) is 74.7 Å². The molecule has 12 heteroatoms. The topological polar surface area (TPSA) is 170 Å². The van der Waals surface area contributed by atoms with Gasteiger partial charge in [0.2, 0.25) is 46.1 Å². The first-order valence-corrected chi connectivity index (χ1v) is 17.1. The lowest BCUT2D eigenvalue weighted by atomic mass is 9.90. The van der Waals surface area contributed by atoms with E-state index in [1.54, 1.807) is 20.8 Å². The van der Waals surface area contributed by atoms with Crippen LogP contribution < -0.4 is 18.9 Å². The molecule has 1 aliphatic carbocycles. The van der Waals surface area contributed by atoms with Crippen molar-refractivity contribution in [3.05, 3.63) is 79.9 Å². The van der Waals surface area contributed by atoms with Crippen LogP contribution in [0.2, 0.25) is 0 Å². The Balaban J connectivity index is 0.000000405. The van der Waals surface area contributed by atoms with Gasteiger partial charge in [-0.2, -0.15) is 0 Å². The summed E-state index contributed by atoms with van der Waals surface area (Å²) in [5.74, 6) is 0.108. The van der Waals surface area contributed by atoms with Crippen LogP contribution in [-0.2, 0) is 31.9 Å². The van der Waals surface area contributed by atoms with Crippen LogP contribution in [0.5, 0.6) is 46.0 Å². The van der Waals surface area contributed by atoms with Crippen LogP contribution in [0.1, 0.15) is 77.1 Å². The molecule has 0 heterocycles. The molecule has 0 spiro atoms. The van der Waals surface area contributed by atoms with Gasteiger partial charge in [-0.3, -0.25) is 9.59 Å². The van der Waals surface area contributed by atoms with E-state index in [2.05, 4.69) is 0 Å². The number of methoxy groups -OCH3 is 6. The minimum Gasteiger partial charge on any atom is -0.504 e. The van der Waals surface area contributed by atoms with E-state index in [1.165, 1.54) is 42.7 Å². The van der Waals surface area contributed by atoms with Crippen molar-refractivity contribution in [2.75, 3.05) is 42.7 Å². The fourth-order valence-electron chi connectivity index (χ4n) is 5.30. The monoisotopic (exact) mass is 754 g/mol. The van der Waals surface area contributed by atoms with Crippen LogP contribution in [0.15, 0.2) is 57.6 Å². The zero-order valence-corrected chi connectivity index (χ0v) is 34.4. The van der Waals surface area contributed by atoms with E-state index in [4.69, 9.17) is 28.4 Å². The molecule has 0 radical (unpaired) electrons. The highest BCUT2D eigenvalue weighted by Crippen LogP contribution is 2.49. The van der Waals surface area contributed by atoms with Crippen molar-refractivity contribution in [3.8, 4) is 46.0 Å². The predicted molar refractivity (Wildman–Crippen MR) is 209 cm³/mol. The number of aromatic hydroxyl groups is 4. The highest BCUT2D eigenvalue weighted by molar-refractivity contribution is 6.23. The largest absolute Gasteiger partial charge is 0.504 e. The van der Waals surface area contributed by atoms with Gasteiger partial charge in [0.1, 0.15) is 0 Å². The summed E-state index contributed by atoms with van der Waals surface area (Å²) in [4.78, 5) is 24.2. The highest BCUT2D eigenvalue weighted by Gasteiger charge is 2.34. The summed E-state index contributed by atoms with van der Waals surface area (Å²) in [6.07, 6.45) is 7.38. The van der Waals surface area contributed by atoms with Gasteiger partial charge in [-0.25, -0.2) is 0 Å². The number of hydrogen-bond acceptors (Lipinski definition) is 12.